The normalized spacial score (nSPS) is 13.5. The summed E-state index contributed by atoms with van der Waals surface area (Å²) in [6.07, 6.45) is 0. The highest BCUT2D eigenvalue weighted by Crippen LogP contribution is 2.36. The SMILES string of the molecule is O=C(O)CN1C(=O)COc2ccc(S(=O)(=O)Nc3ccccc3-c3cccs3)cc21. The zero-order valence-corrected chi connectivity index (χ0v) is 17.1. The Labute approximate surface area is 176 Å². The second kappa shape index (κ2) is 7.81. The molecule has 2 heterocycles. The van der Waals surface area contributed by atoms with Gasteiger partial charge in [0.1, 0.15) is 12.3 Å². The molecule has 0 spiro atoms. The van der Waals surface area contributed by atoms with Crippen LogP contribution < -0.4 is 14.4 Å². The summed E-state index contributed by atoms with van der Waals surface area (Å²) in [5.74, 6) is -1.53. The highest BCUT2D eigenvalue weighted by Gasteiger charge is 2.29. The van der Waals surface area contributed by atoms with Crippen molar-refractivity contribution < 1.29 is 27.9 Å². The molecule has 0 aliphatic carbocycles. The molecule has 1 aliphatic heterocycles. The fraction of sp³-hybridized carbons (Fsp3) is 0.100. The van der Waals surface area contributed by atoms with E-state index in [2.05, 4.69) is 4.72 Å². The minimum atomic E-state index is -4.02. The summed E-state index contributed by atoms with van der Waals surface area (Å²) >= 11 is 1.49. The minimum absolute atomic E-state index is 0.100. The minimum Gasteiger partial charge on any atom is -0.482 e. The smallest absolute Gasteiger partial charge is 0.323 e. The van der Waals surface area contributed by atoms with Gasteiger partial charge in [-0.05, 0) is 35.7 Å². The van der Waals surface area contributed by atoms with Crippen LogP contribution in [0.5, 0.6) is 5.75 Å². The molecule has 10 heteroatoms. The Morgan fingerprint density at radius 2 is 1.97 bits per heavy atom. The van der Waals surface area contributed by atoms with E-state index in [1.807, 2.05) is 29.6 Å². The molecule has 0 bridgehead atoms. The summed E-state index contributed by atoms with van der Waals surface area (Å²) in [5.41, 5.74) is 1.25. The van der Waals surface area contributed by atoms with Crippen molar-refractivity contribution in [2.45, 2.75) is 4.90 Å². The number of rotatable bonds is 6. The van der Waals surface area contributed by atoms with E-state index in [0.717, 1.165) is 15.3 Å². The molecule has 3 aromatic rings. The molecular formula is C20H16N2O6S2. The molecule has 8 nitrogen and oxygen atoms in total. The molecule has 1 aliphatic rings. The van der Waals surface area contributed by atoms with Crippen molar-refractivity contribution >= 4 is 44.6 Å². The van der Waals surface area contributed by atoms with E-state index in [-0.39, 0.29) is 22.9 Å². The Morgan fingerprint density at radius 1 is 1.17 bits per heavy atom. The highest BCUT2D eigenvalue weighted by atomic mass is 32.2. The van der Waals surface area contributed by atoms with Crippen LogP contribution in [0.4, 0.5) is 11.4 Å². The molecule has 4 rings (SSSR count). The maximum absolute atomic E-state index is 13.1. The molecule has 0 radical (unpaired) electrons. The van der Waals surface area contributed by atoms with Crippen molar-refractivity contribution in [2.75, 3.05) is 22.8 Å². The average Bonchev–Trinajstić information content (AvgIpc) is 3.24. The lowest BCUT2D eigenvalue weighted by atomic mass is 10.1. The second-order valence-corrected chi connectivity index (χ2v) is 9.05. The number of aliphatic carboxylic acids is 1. The van der Waals surface area contributed by atoms with Crippen LogP contribution in [0.25, 0.3) is 10.4 Å². The number of nitrogens with one attached hydrogen (secondary N) is 1. The molecule has 30 heavy (non-hydrogen) atoms. The van der Waals surface area contributed by atoms with Gasteiger partial charge in [-0.25, -0.2) is 8.42 Å². The molecule has 0 fully saturated rings. The summed E-state index contributed by atoms with van der Waals surface area (Å²) < 4.78 is 34.0. The van der Waals surface area contributed by atoms with Crippen molar-refractivity contribution in [1.29, 1.82) is 0 Å². The van der Waals surface area contributed by atoms with Crippen LogP contribution in [0.2, 0.25) is 0 Å². The number of thiophene rings is 1. The Bertz CT molecular complexity index is 1220. The topological polar surface area (TPSA) is 113 Å². The van der Waals surface area contributed by atoms with Crippen LogP contribution in [0.1, 0.15) is 0 Å². The van der Waals surface area contributed by atoms with Crippen LogP contribution in [-0.2, 0) is 19.6 Å². The maximum Gasteiger partial charge on any atom is 0.323 e. The predicted octanol–water partition coefficient (Wildman–Crippen LogP) is 3.03. The number of amides is 1. The third-order valence-electron chi connectivity index (χ3n) is 4.44. The molecule has 2 aromatic carbocycles. The lowest BCUT2D eigenvalue weighted by Crippen LogP contribution is -2.42. The molecule has 0 saturated carbocycles. The zero-order chi connectivity index (χ0) is 21.3. The van der Waals surface area contributed by atoms with Gasteiger partial charge in [0, 0.05) is 10.4 Å². The van der Waals surface area contributed by atoms with Gasteiger partial charge in [0.15, 0.2) is 6.61 Å². The molecule has 0 saturated heterocycles. The quantitative estimate of drug-likeness (QED) is 0.604. The third-order valence-corrected chi connectivity index (χ3v) is 6.70. The average molecular weight is 444 g/mol. The Balaban J connectivity index is 1.71. The number of fused-ring (bicyclic) bond motifs is 1. The third kappa shape index (κ3) is 3.87. The molecular weight excluding hydrogens is 428 g/mol. The van der Waals surface area contributed by atoms with Gasteiger partial charge in [0.25, 0.3) is 15.9 Å². The fourth-order valence-corrected chi connectivity index (χ4v) is 4.95. The molecule has 154 valence electrons. The number of benzene rings is 2. The van der Waals surface area contributed by atoms with E-state index in [4.69, 9.17) is 9.84 Å². The van der Waals surface area contributed by atoms with Crippen LogP contribution >= 0.6 is 11.3 Å². The van der Waals surface area contributed by atoms with E-state index in [0.29, 0.717) is 5.69 Å². The standard InChI is InChI=1S/C20H16N2O6S2/c23-19-12-28-17-8-7-13(10-16(17)22(19)11-20(24)25)30(26,27)21-15-5-2-1-4-14(15)18-6-3-9-29-18/h1-10,21H,11-12H2,(H,24,25). The first kappa shape index (κ1) is 19.9. The first-order chi connectivity index (χ1) is 14.3. The van der Waals surface area contributed by atoms with Crippen LogP contribution in [-0.4, -0.2) is 38.6 Å². The fourth-order valence-electron chi connectivity index (χ4n) is 3.08. The lowest BCUT2D eigenvalue weighted by Gasteiger charge is -2.28. The van der Waals surface area contributed by atoms with E-state index >= 15 is 0 Å². The van der Waals surface area contributed by atoms with Gasteiger partial charge in [-0.3, -0.25) is 19.2 Å². The molecule has 1 amide bonds. The van der Waals surface area contributed by atoms with E-state index < -0.39 is 28.4 Å². The van der Waals surface area contributed by atoms with Gasteiger partial charge in [-0.2, -0.15) is 0 Å². The summed E-state index contributed by atoms with van der Waals surface area (Å²) in [7, 11) is -4.02. The summed E-state index contributed by atoms with van der Waals surface area (Å²) in [4.78, 5) is 25.0. The number of carboxylic acids is 1. The van der Waals surface area contributed by atoms with E-state index in [9.17, 15) is 18.0 Å². The first-order valence-electron chi connectivity index (χ1n) is 8.80. The Morgan fingerprint density at radius 3 is 2.70 bits per heavy atom. The highest BCUT2D eigenvalue weighted by molar-refractivity contribution is 7.92. The van der Waals surface area contributed by atoms with Gasteiger partial charge in [0.05, 0.1) is 16.3 Å². The number of sulfonamides is 1. The number of para-hydroxylation sites is 1. The number of nitrogens with zero attached hydrogens (tertiary/aromatic N) is 1. The van der Waals surface area contributed by atoms with Gasteiger partial charge < -0.3 is 9.84 Å². The van der Waals surface area contributed by atoms with Gasteiger partial charge in [-0.1, -0.05) is 24.3 Å². The van der Waals surface area contributed by atoms with E-state index in [1.54, 1.807) is 12.1 Å². The second-order valence-electron chi connectivity index (χ2n) is 6.42. The van der Waals surface area contributed by atoms with Crippen molar-refractivity contribution in [3.8, 4) is 16.2 Å². The van der Waals surface area contributed by atoms with Crippen LogP contribution in [0.15, 0.2) is 64.9 Å². The van der Waals surface area contributed by atoms with Crippen molar-refractivity contribution in [1.82, 2.24) is 0 Å². The number of carboxylic acid groups (broad SMARTS) is 1. The molecule has 1 aromatic heterocycles. The number of carbonyl (C=O) groups excluding carboxylic acids is 1. The maximum atomic E-state index is 13.1. The Hall–Kier alpha value is -3.37. The summed E-state index contributed by atoms with van der Waals surface area (Å²) in [6, 6.07) is 14.8. The molecule has 0 unspecified atom stereocenters. The van der Waals surface area contributed by atoms with Crippen molar-refractivity contribution in [2.24, 2.45) is 0 Å². The first-order valence-corrected chi connectivity index (χ1v) is 11.2. The van der Waals surface area contributed by atoms with Gasteiger partial charge >= 0.3 is 5.97 Å². The number of anilines is 2. The van der Waals surface area contributed by atoms with Gasteiger partial charge in [0.2, 0.25) is 0 Å². The zero-order valence-electron chi connectivity index (χ0n) is 15.4. The summed E-state index contributed by atoms with van der Waals surface area (Å²) in [5, 5.41) is 11.0. The monoisotopic (exact) mass is 444 g/mol. The Kier molecular flexibility index (Phi) is 5.18. The molecule has 2 N–H and O–H groups in total. The van der Waals surface area contributed by atoms with Crippen molar-refractivity contribution in [3.05, 3.63) is 60.0 Å². The van der Waals surface area contributed by atoms with Crippen LogP contribution in [0.3, 0.4) is 0 Å². The number of ether oxygens (including phenoxy) is 1. The number of carbonyl (C=O) groups is 2. The summed E-state index contributed by atoms with van der Waals surface area (Å²) in [6.45, 7) is -0.897. The molecule has 0 atom stereocenters. The predicted molar refractivity (Wildman–Crippen MR) is 112 cm³/mol. The number of hydrogen-bond donors (Lipinski definition) is 2. The van der Waals surface area contributed by atoms with Crippen LogP contribution in [0, 0.1) is 0 Å². The number of hydrogen-bond acceptors (Lipinski definition) is 6. The lowest BCUT2D eigenvalue weighted by molar-refractivity contribution is -0.137. The van der Waals surface area contributed by atoms with E-state index in [1.165, 1.54) is 29.5 Å². The largest absolute Gasteiger partial charge is 0.482 e. The van der Waals surface area contributed by atoms with Gasteiger partial charge in [-0.15, -0.1) is 11.3 Å². The van der Waals surface area contributed by atoms with Crippen molar-refractivity contribution in [3.63, 3.8) is 0 Å².